The standard InChI is InChI=1S/C21H16FN3OS2/c1-27-16-8-4-6-14(12-16)20(26)25(13-15-7-2-3-11-23-15)21-24-19-17(22)9-5-10-18(19)28-21/h2-12H,13H2,1H3. The summed E-state index contributed by atoms with van der Waals surface area (Å²) in [5, 5.41) is 0.449. The second kappa shape index (κ2) is 8.08. The number of rotatable bonds is 5. The first-order valence-corrected chi connectivity index (χ1v) is 10.6. The minimum atomic E-state index is -0.394. The van der Waals surface area contributed by atoms with Gasteiger partial charge >= 0.3 is 0 Å². The predicted octanol–water partition coefficient (Wildman–Crippen LogP) is 5.40. The number of hydrogen-bond donors (Lipinski definition) is 0. The second-order valence-corrected chi connectivity index (χ2v) is 7.92. The monoisotopic (exact) mass is 409 g/mol. The van der Waals surface area contributed by atoms with Gasteiger partial charge < -0.3 is 0 Å². The van der Waals surface area contributed by atoms with Gasteiger partial charge in [0.1, 0.15) is 11.3 Å². The average Bonchev–Trinajstić information content (AvgIpc) is 3.18. The Balaban J connectivity index is 1.78. The second-order valence-electron chi connectivity index (χ2n) is 6.03. The smallest absolute Gasteiger partial charge is 0.260 e. The van der Waals surface area contributed by atoms with Crippen molar-refractivity contribution in [1.29, 1.82) is 0 Å². The molecule has 2 aromatic heterocycles. The predicted molar refractivity (Wildman–Crippen MR) is 113 cm³/mol. The maximum absolute atomic E-state index is 14.1. The minimum Gasteiger partial charge on any atom is -0.278 e. The third-order valence-electron chi connectivity index (χ3n) is 4.20. The van der Waals surface area contributed by atoms with Crippen LogP contribution in [0.3, 0.4) is 0 Å². The molecular formula is C21H16FN3OS2. The van der Waals surface area contributed by atoms with Crippen molar-refractivity contribution in [2.75, 3.05) is 11.2 Å². The summed E-state index contributed by atoms with van der Waals surface area (Å²) < 4.78 is 14.8. The number of para-hydroxylation sites is 1. The van der Waals surface area contributed by atoms with Crippen LogP contribution in [0.5, 0.6) is 0 Å². The highest BCUT2D eigenvalue weighted by Crippen LogP contribution is 2.32. The number of carbonyl (C=O) groups excluding carboxylic acids is 1. The van der Waals surface area contributed by atoms with Crippen LogP contribution in [0.4, 0.5) is 9.52 Å². The molecule has 2 heterocycles. The van der Waals surface area contributed by atoms with E-state index in [1.54, 1.807) is 41.1 Å². The molecule has 0 N–H and O–H groups in total. The van der Waals surface area contributed by atoms with E-state index in [2.05, 4.69) is 9.97 Å². The molecule has 4 nitrogen and oxygen atoms in total. The van der Waals surface area contributed by atoms with Gasteiger partial charge in [-0.15, -0.1) is 11.8 Å². The summed E-state index contributed by atoms with van der Waals surface area (Å²) in [5.74, 6) is -0.587. The number of fused-ring (bicyclic) bond motifs is 1. The molecule has 0 aliphatic heterocycles. The maximum atomic E-state index is 14.1. The third-order valence-corrected chi connectivity index (χ3v) is 5.97. The quantitative estimate of drug-likeness (QED) is 0.414. The summed E-state index contributed by atoms with van der Waals surface area (Å²) in [6, 6.07) is 17.8. The fraction of sp³-hybridized carbons (Fsp3) is 0.0952. The molecule has 4 aromatic rings. The van der Waals surface area contributed by atoms with Crippen LogP contribution in [-0.2, 0) is 6.54 Å². The minimum absolute atomic E-state index is 0.194. The van der Waals surface area contributed by atoms with Crippen molar-refractivity contribution in [2.45, 2.75) is 11.4 Å². The zero-order chi connectivity index (χ0) is 19.5. The number of thiazole rings is 1. The van der Waals surface area contributed by atoms with Crippen molar-refractivity contribution >= 4 is 44.4 Å². The van der Waals surface area contributed by atoms with Crippen LogP contribution in [-0.4, -0.2) is 22.1 Å². The Bertz CT molecular complexity index is 1130. The highest BCUT2D eigenvalue weighted by Gasteiger charge is 2.23. The molecule has 0 saturated heterocycles. The van der Waals surface area contributed by atoms with E-state index in [1.807, 2.05) is 42.7 Å². The molecule has 28 heavy (non-hydrogen) atoms. The van der Waals surface area contributed by atoms with Crippen molar-refractivity contribution in [3.05, 3.63) is 83.9 Å². The van der Waals surface area contributed by atoms with Gasteiger partial charge in [0.25, 0.3) is 5.91 Å². The summed E-state index contributed by atoms with van der Waals surface area (Å²) in [7, 11) is 0. The van der Waals surface area contributed by atoms with Crippen LogP contribution in [0.2, 0.25) is 0 Å². The van der Waals surface area contributed by atoms with Crippen molar-refractivity contribution in [1.82, 2.24) is 9.97 Å². The Kier molecular flexibility index (Phi) is 5.36. The molecule has 0 spiro atoms. The Morgan fingerprint density at radius 2 is 2.00 bits per heavy atom. The molecule has 2 aromatic carbocycles. The van der Waals surface area contributed by atoms with Crippen molar-refractivity contribution < 1.29 is 9.18 Å². The molecule has 140 valence electrons. The number of halogens is 1. The van der Waals surface area contributed by atoms with E-state index >= 15 is 0 Å². The summed E-state index contributed by atoms with van der Waals surface area (Å²) >= 11 is 2.86. The molecule has 7 heteroatoms. The summed E-state index contributed by atoms with van der Waals surface area (Å²) in [6.07, 6.45) is 3.65. The number of carbonyl (C=O) groups is 1. The molecule has 4 rings (SSSR count). The molecule has 1 amide bonds. The lowest BCUT2D eigenvalue weighted by Gasteiger charge is -2.20. The topological polar surface area (TPSA) is 46.1 Å². The van der Waals surface area contributed by atoms with Crippen LogP contribution in [0.15, 0.2) is 71.8 Å². The first-order chi connectivity index (χ1) is 13.7. The molecule has 0 radical (unpaired) electrons. The van der Waals surface area contributed by atoms with Gasteiger partial charge in [-0.2, -0.15) is 0 Å². The lowest BCUT2D eigenvalue weighted by Crippen LogP contribution is -2.30. The van der Waals surface area contributed by atoms with Crippen molar-refractivity contribution in [2.24, 2.45) is 0 Å². The zero-order valence-corrected chi connectivity index (χ0v) is 16.6. The van der Waals surface area contributed by atoms with Gasteiger partial charge in [-0.1, -0.05) is 29.5 Å². The normalized spacial score (nSPS) is 10.9. The largest absolute Gasteiger partial charge is 0.278 e. The number of pyridine rings is 1. The number of anilines is 1. The Morgan fingerprint density at radius 3 is 2.75 bits per heavy atom. The SMILES string of the molecule is CSc1cccc(C(=O)N(Cc2ccccn2)c2nc3c(F)cccc3s2)c1. The molecule has 0 fully saturated rings. The van der Waals surface area contributed by atoms with Crippen LogP contribution in [0, 0.1) is 5.82 Å². The van der Waals surface area contributed by atoms with Crippen molar-refractivity contribution in [3.8, 4) is 0 Å². The zero-order valence-electron chi connectivity index (χ0n) is 15.0. The first-order valence-electron chi connectivity index (χ1n) is 8.56. The van der Waals surface area contributed by atoms with Crippen LogP contribution >= 0.6 is 23.1 Å². The van der Waals surface area contributed by atoms with Gasteiger partial charge in [-0.25, -0.2) is 9.37 Å². The van der Waals surface area contributed by atoms with E-state index < -0.39 is 5.82 Å². The molecular weight excluding hydrogens is 393 g/mol. The van der Waals surface area contributed by atoms with E-state index in [-0.39, 0.29) is 18.0 Å². The van der Waals surface area contributed by atoms with Crippen LogP contribution < -0.4 is 4.90 Å². The van der Waals surface area contributed by atoms with Crippen molar-refractivity contribution in [3.63, 3.8) is 0 Å². The van der Waals surface area contributed by atoms with E-state index in [0.29, 0.717) is 15.4 Å². The summed E-state index contributed by atoms with van der Waals surface area (Å²) in [6.45, 7) is 0.255. The van der Waals surface area contributed by atoms with E-state index in [0.717, 1.165) is 10.6 Å². The van der Waals surface area contributed by atoms with Gasteiger partial charge in [-0.3, -0.25) is 14.7 Å². The lowest BCUT2D eigenvalue weighted by atomic mass is 10.2. The molecule has 0 aliphatic rings. The lowest BCUT2D eigenvalue weighted by molar-refractivity contribution is 0.0984. The van der Waals surface area contributed by atoms with Gasteiger partial charge in [-0.05, 0) is 48.7 Å². The average molecular weight is 410 g/mol. The fourth-order valence-electron chi connectivity index (χ4n) is 2.81. The van der Waals surface area contributed by atoms with Gasteiger partial charge in [0.2, 0.25) is 0 Å². The summed E-state index contributed by atoms with van der Waals surface area (Å²) in [4.78, 5) is 24.6. The highest BCUT2D eigenvalue weighted by atomic mass is 32.2. The van der Waals surface area contributed by atoms with Gasteiger partial charge in [0.15, 0.2) is 5.13 Å². The van der Waals surface area contributed by atoms with Crippen LogP contribution in [0.1, 0.15) is 16.1 Å². The molecule has 0 aliphatic carbocycles. The van der Waals surface area contributed by atoms with E-state index in [4.69, 9.17) is 0 Å². The maximum Gasteiger partial charge on any atom is 0.260 e. The molecule has 0 bridgehead atoms. The highest BCUT2D eigenvalue weighted by molar-refractivity contribution is 7.98. The molecule has 0 atom stereocenters. The van der Waals surface area contributed by atoms with Gasteiger partial charge in [0, 0.05) is 16.7 Å². The summed E-state index contributed by atoms with van der Waals surface area (Å²) in [5.41, 5.74) is 1.57. The number of aromatic nitrogens is 2. The number of amides is 1. The van der Waals surface area contributed by atoms with Gasteiger partial charge in [0.05, 0.1) is 16.9 Å². The first kappa shape index (κ1) is 18.6. The van der Waals surface area contributed by atoms with Crippen LogP contribution in [0.25, 0.3) is 10.2 Å². The third kappa shape index (κ3) is 3.76. The fourth-order valence-corrected chi connectivity index (χ4v) is 4.25. The Labute approximate surface area is 170 Å². The molecule has 0 unspecified atom stereocenters. The van der Waals surface area contributed by atoms with E-state index in [1.165, 1.54) is 17.4 Å². The Morgan fingerprint density at radius 1 is 1.14 bits per heavy atom. The molecule has 0 saturated carbocycles. The number of thioether (sulfide) groups is 1. The number of nitrogens with zero attached hydrogens (tertiary/aromatic N) is 3. The number of hydrogen-bond acceptors (Lipinski definition) is 5. The number of benzene rings is 2. The van der Waals surface area contributed by atoms with E-state index in [9.17, 15) is 9.18 Å². The Hall–Kier alpha value is -2.77.